The molecule has 0 aliphatic rings. The predicted molar refractivity (Wildman–Crippen MR) is 400 cm³/mol. The molecule has 6 atom stereocenters. The summed E-state index contributed by atoms with van der Waals surface area (Å²) in [6, 6.07) is 0. The van der Waals surface area contributed by atoms with Crippen molar-refractivity contribution in [1.82, 2.24) is 0 Å². The van der Waals surface area contributed by atoms with Gasteiger partial charge in [-0.05, 0) is 37.5 Å². The van der Waals surface area contributed by atoms with Crippen molar-refractivity contribution in [3.05, 3.63) is 0 Å². The molecule has 0 aliphatic heterocycles. The summed E-state index contributed by atoms with van der Waals surface area (Å²) in [6.07, 6.45) is 59.5. The maximum atomic E-state index is 13.1. The Morgan fingerprint density at radius 2 is 0.520 bits per heavy atom. The lowest BCUT2D eigenvalue weighted by Gasteiger charge is -2.21. The fraction of sp³-hybridized carbons (Fsp3) is 0.949. The highest BCUT2D eigenvalue weighted by molar-refractivity contribution is 7.47. The third kappa shape index (κ3) is 71.1. The molecule has 0 aliphatic carbocycles. The smallest absolute Gasteiger partial charge is 0.462 e. The first-order chi connectivity index (χ1) is 47.4. The Labute approximate surface area is 600 Å². The minimum atomic E-state index is -4.96. The lowest BCUT2D eigenvalue weighted by atomic mass is 9.99. The Morgan fingerprint density at radius 1 is 0.296 bits per heavy atom. The number of aliphatic hydroxyl groups excluding tert-OH is 1. The number of aliphatic hydroxyl groups is 1. The van der Waals surface area contributed by atoms with Crippen LogP contribution in [0, 0.1) is 11.8 Å². The summed E-state index contributed by atoms with van der Waals surface area (Å²) in [5.41, 5.74) is 0. The molecule has 98 heavy (non-hydrogen) atoms. The summed E-state index contributed by atoms with van der Waals surface area (Å²) in [5, 5.41) is 10.6. The molecule has 0 aromatic heterocycles. The summed E-state index contributed by atoms with van der Waals surface area (Å²) in [5.74, 6) is -0.548. The fourth-order valence-corrected chi connectivity index (χ4v) is 13.7. The van der Waals surface area contributed by atoms with E-state index in [2.05, 4.69) is 41.5 Å². The molecule has 582 valence electrons. The first kappa shape index (κ1) is 96.1. The molecule has 0 spiro atoms. The largest absolute Gasteiger partial charge is 0.472 e. The maximum Gasteiger partial charge on any atom is 0.472 e. The van der Waals surface area contributed by atoms with Crippen molar-refractivity contribution in [3.8, 4) is 0 Å². The van der Waals surface area contributed by atoms with Crippen molar-refractivity contribution in [1.29, 1.82) is 0 Å². The zero-order valence-corrected chi connectivity index (χ0v) is 65.9. The molecule has 3 N–H and O–H groups in total. The SMILES string of the molecule is CCCCCCCCCCCCCCCCCCCCC(=O)O[C@H](COC(=O)CCCCCCCCCCCCC(C)CC)COP(=O)(O)OC[C@@H](O)COP(=O)(O)OC[C@@H](COC(=O)CCCCCCCCCCCCCCC)OC(=O)CCCCCCCCCCCCC(C)C. The normalized spacial score (nSPS) is 14.2. The summed E-state index contributed by atoms with van der Waals surface area (Å²) in [6.45, 7) is 9.65. The van der Waals surface area contributed by atoms with Crippen LogP contribution in [0.1, 0.15) is 414 Å². The number of carbonyl (C=O) groups is 4. The molecule has 0 rings (SSSR count). The van der Waals surface area contributed by atoms with Crippen LogP contribution in [-0.2, 0) is 65.4 Å². The molecule has 0 bridgehead atoms. The van der Waals surface area contributed by atoms with Gasteiger partial charge in [-0.2, -0.15) is 0 Å². The van der Waals surface area contributed by atoms with Crippen molar-refractivity contribution in [3.63, 3.8) is 0 Å². The van der Waals surface area contributed by atoms with Crippen LogP contribution in [0.5, 0.6) is 0 Å². The number of esters is 4. The topological polar surface area (TPSA) is 237 Å². The van der Waals surface area contributed by atoms with Crippen LogP contribution in [0.25, 0.3) is 0 Å². The highest BCUT2D eigenvalue weighted by atomic mass is 31.2. The van der Waals surface area contributed by atoms with Gasteiger partial charge in [-0.15, -0.1) is 0 Å². The number of hydrogen-bond acceptors (Lipinski definition) is 15. The summed E-state index contributed by atoms with van der Waals surface area (Å²) < 4.78 is 68.7. The van der Waals surface area contributed by atoms with E-state index in [9.17, 15) is 43.2 Å². The predicted octanol–water partition coefficient (Wildman–Crippen LogP) is 23.5. The van der Waals surface area contributed by atoms with E-state index in [1.165, 1.54) is 231 Å². The van der Waals surface area contributed by atoms with E-state index in [1.807, 2.05) is 0 Å². The van der Waals surface area contributed by atoms with Crippen LogP contribution in [-0.4, -0.2) is 96.7 Å². The van der Waals surface area contributed by atoms with Gasteiger partial charge in [-0.3, -0.25) is 37.3 Å². The van der Waals surface area contributed by atoms with E-state index >= 15 is 0 Å². The maximum absolute atomic E-state index is 13.1. The Balaban J connectivity index is 5.26. The van der Waals surface area contributed by atoms with Crippen molar-refractivity contribution in [2.45, 2.75) is 432 Å². The molecular weight excluding hydrogens is 1280 g/mol. The number of rotatable bonds is 78. The Hall–Kier alpha value is -1.94. The van der Waals surface area contributed by atoms with E-state index in [0.717, 1.165) is 102 Å². The molecule has 0 heterocycles. The van der Waals surface area contributed by atoms with Gasteiger partial charge in [0, 0.05) is 25.7 Å². The molecular formula is C79H154O17P2. The standard InChI is InChI=1S/C79H154O17P2/c1-7-10-12-14-16-18-20-22-23-24-25-26-28-30-39-45-51-57-63-78(83)95-74(68-90-77(82)62-56-50-44-38-34-32-36-42-48-54-60-72(6)9-3)69-93-97(85,86)91-65-73(80)66-92-98(87,88)94-70-75(96-79(84)64-58-52-46-40-33-31-35-41-47-53-59-71(4)5)67-89-76(81)61-55-49-43-37-29-27-21-19-17-15-13-11-8-2/h71-75,80H,7-70H2,1-6H3,(H,85,86)(H,87,88)/t72?,73-,74-,75-/m1/s1. The third-order valence-corrected chi connectivity index (χ3v) is 20.7. The fourth-order valence-electron chi connectivity index (χ4n) is 12.2. The molecule has 0 aromatic rings. The summed E-state index contributed by atoms with van der Waals surface area (Å²) >= 11 is 0. The summed E-state index contributed by atoms with van der Waals surface area (Å²) in [4.78, 5) is 73.0. The lowest BCUT2D eigenvalue weighted by molar-refractivity contribution is -0.161. The molecule has 0 amide bonds. The molecule has 0 fully saturated rings. The minimum absolute atomic E-state index is 0.106. The molecule has 0 radical (unpaired) electrons. The van der Waals surface area contributed by atoms with Gasteiger partial charge < -0.3 is 33.8 Å². The average Bonchev–Trinajstić information content (AvgIpc) is 0.967. The van der Waals surface area contributed by atoms with Gasteiger partial charge in [0.15, 0.2) is 12.2 Å². The van der Waals surface area contributed by atoms with Crippen LogP contribution in [0.4, 0.5) is 0 Å². The van der Waals surface area contributed by atoms with Crippen molar-refractivity contribution in [2.24, 2.45) is 11.8 Å². The zero-order chi connectivity index (χ0) is 72.1. The Kier molecular flexibility index (Phi) is 69.3. The Morgan fingerprint density at radius 3 is 0.776 bits per heavy atom. The van der Waals surface area contributed by atoms with Crippen molar-refractivity contribution < 1.29 is 80.2 Å². The van der Waals surface area contributed by atoms with E-state index in [1.54, 1.807) is 0 Å². The van der Waals surface area contributed by atoms with E-state index in [-0.39, 0.29) is 25.7 Å². The van der Waals surface area contributed by atoms with Gasteiger partial charge >= 0.3 is 39.5 Å². The minimum Gasteiger partial charge on any atom is -0.462 e. The lowest BCUT2D eigenvalue weighted by Crippen LogP contribution is -2.30. The monoisotopic (exact) mass is 1440 g/mol. The number of ether oxygens (including phenoxy) is 4. The molecule has 0 aromatic carbocycles. The number of unbranched alkanes of at least 4 members (excludes halogenated alkanes) is 47. The molecule has 3 unspecified atom stereocenters. The molecule has 19 heteroatoms. The summed E-state index contributed by atoms with van der Waals surface area (Å²) in [7, 11) is -9.92. The zero-order valence-electron chi connectivity index (χ0n) is 64.1. The van der Waals surface area contributed by atoms with Crippen molar-refractivity contribution in [2.75, 3.05) is 39.6 Å². The first-order valence-electron chi connectivity index (χ1n) is 41.0. The van der Waals surface area contributed by atoms with E-state index in [4.69, 9.17) is 37.0 Å². The van der Waals surface area contributed by atoms with Gasteiger partial charge in [0.2, 0.25) is 0 Å². The van der Waals surface area contributed by atoms with Crippen LogP contribution >= 0.6 is 15.6 Å². The van der Waals surface area contributed by atoms with Crippen molar-refractivity contribution >= 4 is 39.5 Å². The van der Waals surface area contributed by atoms with Gasteiger partial charge in [-0.1, -0.05) is 363 Å². The highest BCUT2D eigenvalue weighted by Gasteiger charge is 2.30. The number of hydrogen-bond donors (Lipinski definition) is 3. The second-order valence-corrected chi connectivity index (χ2v) is 32.1. The van der Waals surface area contributed by atoms with Crippen LogP contribution in [0.3, 0.4) is 0 Å². The van der Waals surface area contributed by atoms with E-state index in [0.29, 0.717) is 25.7 Å². The van der Waals surface area contributed by atoms with Gasteiger partial charge in [0.25, 0.3) is 0 Å². The van der Waals surface area contributed by atoms with Crippen LogP contribution < -0.4 is 0 Å². The first-order valence-corrected chi connectivity index (χ1v) is 44.0. The number of phosphoric acid groups is 2. The quantitative estimate of drug-likeness (QED) is 0.0222. The molecule has 0 saturated carbocycles. The molecule has 0 saturated heterocycles. The number of phosphoric ester groups is 2. The van der Waals surface area contributed by atoms with Gasteiger partial charge in [0.05, 0.1) is 26.4 Å². The van der Waals surface area contributed by atoms with E-state index < -0.39 is 97.5 Å². The van der Waals surface area contributed by atoms with Gasteiger partial charge in [0.1, 0.15) is 19.3 Å². The van der Waals surface area contributed by atoms with Gasteiger partial charge in [-0.25, -0.2) is 9.13 Å². The Bertz CT molecular complexity index is 1890. The second-order valence-electron chi connectivity index (χ2n) is 29.2. The highest BCUT2D eigenvalue weighted by Crippen LogP contribution is 2.45. The second kappa shape index (κ2) is 70.7. The van der Waals surface area contributed by atoms with Crippen LogP contribution in [0.15, 0.2) is 0 Å². The number of carbonyl (C=O) groups excluding carboxylic acids is 4. The van der Waals surface area contributed by atoms with Crippen LogP contribution in [0.2, 0.25) is 0 Å². The molecule has 17 nitrogen and oxygen atoms in total. The third-order valence-electron chi connectivity index (χ3n) is 18.8. The average molecular weight is 1440 g/mol.